The van der Waals surface area contributed by atoms with E-state index in [1.165, 1.54) is 0 Å². The number of rotatable bonds is 10. The van der Waals surface area contributed by atoms with E-state index in [-0.39, 0.29) is 18.6 Å². The molecule has 0 saturated carbocycles. The average molecular weight is 401 g/mol. The summed E-state index contributed by atoms with van der Waals surface area (Å²) >= 11 is 7.36. The minimum absolute atomic E-state index is 0.0121. The summed E-state index contributed by atoms with van der Waals surface area (Å²) in [7, 11) is 0. The number of nitrogens with one attached hydrogen (secondary N) is 2. The first-order valence-electron chi connectivity index (χ1n) is 8.38. The van der Waals surface area contributed by atoms with Gasteiger partial charge in [0, 0.05) is 16.6 Å². The molecule has 2 N–H and O–H groups in total. The van der Waals surface area contributed by atoms with E-state index in [2.05, 4.69) is 10.6 Å². The maximum absolute atomic E-state index is 12.3. The first kappa shape index (κ1) is 22.3. The van der Waals surface area contributed by atoms with Crippen LogP contribution < -0.4 is 10.6 Å². The highest BCUT2D eigenvalue weighted by Gasteiger charge is 2.23. The molecule has 2 amide bonds. The molecular formula is C18H25ClN2O4S. The van der Waals surface area contributed by atoms with Gasteiger partial charge in [0.25, 0.3) is 11.8 Å². The van der Waals surface area contributed by atoms with Crippen LogP contribution in [-0.2, 0) is 14.3 Å². The van der Waals surface area contributed by atoms with Crippen molar-refractivity contribution in [2.45, 2.75) is 38.8 Å². The van der Waals surface area contributed by atoms with E-state index >= 15 is 0 Å². The van der Waals surface area contributed by atoms with Gasteiger partial charge >= 0.3 is 5.97 Å². The summed E-state index contributed by atoms with van der Waals surface area (Å²) < 4.78 is 5.07. The molecule has 26 heavy (non-hydrogen) atoms. The Morgan fingerprint density at radius 2 is 1.85 bits per heavy atom. The Labute approximate surface area is 163 Å². The fourth-order valence-electron chi connectivity index (χ4n) is 1.98. The largest absolute Gasteiger partial charge is 0.454 e. The van der Waals surface area contributed by atoms with Crippen molar-refractivity contribution in [3.05, 3.63) is 34.9 Å². The Morgan fingerprint density at radius 1 is 1.19 bits per heavy atom. The van der Waals surface area contributed by atoms with Crippen LogP contribution in [-0.4, -0.2) is 48.5 Å². The predicted octanol–water partition coefficient (Wildman–Crippen LogP) is 2.65. The number of thioether (sulfide) groups is 1. The molecule has 8 heteroatoms. The summed E-state index contributed by atoms with van der Waals surface area (Å²) in [5.41, 5.74) is 0.394. The molecule has 0 aliphatic heterocycles. The topological polar surface area (TPSA) is 84.5 Å². The van der Waals surface area contributed by atoms with Crippen LogP contribution in [0.3, 0.4) is 0 Å². The maximum atomic E-state index is 12.3. The lowest BCUT2D eigenvalue weighted by molar-refractivity contribution is -0.150. The SMILES string of the molecule is CC[C@@H](C)NC(=O)COC(=O)[C@H](CCSC)NC(=O)c1ccc(Cl)cc1. The van der Waals surface area contributed by atoms with Crippen molar-refractivity contribution < 1.29 is 19.1 Å². The third kappa shape index (κ3) is 8.10. The van der Waals surface area contributed by atoms with Crippen molar-refractivity contribution in [3.63, 3.8) is 0 Å². The van der Waals surface area contributed by atoms with Gasteiger partial charge < -0.3 is 15.4 Å². The summed E-state index contributed by atoms with van der Waals surface area (Å²) in [5.74, 6) is -0.713. The predicted molar refractivity (Wildman–Crippen MR) is 105 cm³/mol. The van der Waals surface area contributed by atoms with Gasteiger partial charge in [-0.3, -0.25) is 9.59 Å². The second-order valence-electron chi connectivity index (χ2n) is 5.80. The van der Waals surface area contributed by atoms with Gasteiger partial charge in [0.1, 0.15) is 6.04 Å². The Bertz CT molecular complexity index is 610. The summed E-state index contributed by atoms with van der Waals surface area (Å²) in [6, 6.07) is 5.55. The number of benzene rings is 1. The monoisotopic (exact) mass is 400 g/mol. The highest BCUT2D eigenvalue weighted by atomic mass is 35.5. The fourth-order valence-corrected chi connectivity index (χ4v) is 2.58. The molecule has 0 aromatic heterocycles. The number of halogens is 1. The first-order valence-corrected chi connectivity index (χ1v) is 10.2. The van der Waals surface area contributed by atoms with Gasteiger partial charge in [0.2, 0.25) is 0 Å². The quantitative estimate of drug-likeness (QED) is 0.590. The Balaban J connectivity index is 2.63. The highest BCUT2D eigenvalue weighted by Crippen LogP contribution is 2.10. The van der Waals surface area contributed by atoms with Crippen LogP contribution in [0.1, 0.15) is 37.0 Å². The molecule has 0 bridgehead atoms. The maximum Gasteiger partial charge on any atom is 0.329 e. The summed E-state index contributed by atoms with van der Waals surface area (Å²) in [6.45, 7) is 3.45. The Hall–Kier alpha value is -1.73. The zero-order valence-corrected chi connectivity index (χ0v) is 16.8. The van der Waals surface area contributed by atoms with Gasteiger partial charge in [0.15, 0.2) is 6.61 Å². The van der Waals surface area contributed by atoms with Gasteiger partial charge in [0.05, 0.1) is 0 Å². The van der Waals surface area contributed by atoms with Crippen molar-refractivity contribution in [2.75, 3.05) is 18.6 Å². The summed E-state index contributed by atoms with van der Waals surface area (Å²) in [4.78, 5) is 36.3. The number of carbonyl (C=O) groups is 3. The standard InChI is InChI=1S/C18H25ClN2O4S/c1-4-12(2)20-16(22)11-25-18(24)15(9-10-26-3)21-17(23)13-5-7-14(19)8-6-13/h5-8,12,15H,4,9-11H2,1-3H3,(H,20,22)(H,21,23)/t12-,15+/m1/s1. The fraction of sp³-hybridized carbons (Fsp3) is 0.500. The van der Waals surface area contributed by atoms with E-state index in [1.807, 2.05) is 20.1 Å². The van der Waals surface area contributed by atoms with Crippen LogP contribution in [0, 0.1) is 0 Å². The second kappa shape index (κ2) is 11.8. The molecule has 1 aromatic carbocycles. The lowest BCUT2D eigenvalue weighted by Crippen LogP contribution is -2.44. The van der Waals surface area contributed by atoms with Crippen molar-refractivity contribution in [3.8, 4) is 0 Å². The molecule has 0 radical (unpaired) electrons. The molecule has 0 fully saturated rings. The van der Waals surface area contributed by atoms with E-state index in [0.717, 1.165) is 6.42 Å². The smallest absolute Gasteiger partial charge is 0.329 e. The van der Waals surface area contributed by atoms with Gasteiger partial charge in [-0.25, -0.2) is 4.79 Å². The van der Waals surface area contributed by atoms with Crippen LogP contribution in [0.25, 0.3) is 0 Å². The molecule has 0 aliphatic rings. The minimum Gasteiger partial charge on any atom is -0.454 e. The Morgan fingerprint density at radius 3 is 2.42 bits per heavy atom. The number of hydrogen-bond acceptors (Lipinski definition) is 5. The van der Waals surface area contributed by atoms with E-state index < -0.39 is 17.9 Å². The molecule has 1 aromatic rings. The number of esters is 1. The zero-order chi connectivity index (χ0) is 19.5. The summed E-state index contributed by atoms with van der Waals surface area (Å²) in [6.07, 6.45) is 3.10. The number of carbonyl (C=O) groups excluding carboxylic acids is 3. The van der Waals surface area contributed by atoms with E-state index in [9.17, 15) is 14.4 Å². The normalized spacial score (nSPS) is 12.8. The molecule has 2 atom stereocenters. The van der Waals surface area contributed by atoms with Gasteiger partial charge in [-0.2, -0.15) is 11.8 Å². The van der Waals surface area contributed by atoms with Crippen molar-refractivity contribution in [1.82, 2.24) is 10.6 Å². The lowest BCUT2D eigenvalue weighted by atomic mass is 10.1. The van der Waals surface area contributed by atoms with Crippen LogP contribution in [0.5, 0.6) is 0 Å². The second-order valence-corrected chi connectivity index (χ2v) is 7.22. The number of ether oxygens (including phenoxy) is 1. The van der Waals surface area contributed by atoms with Gasteiger partial charge in [-0.05, 0) is 56.0 Å². The molecule has 0 spiro atoms. The van der Waals surface area contributed by atoms with Crippen molar-refractivity contribution in [2.24, 2.45) is 0 Å². The van der Waals surface area contributed by atoms with E-state index in [0.29, 0.717) is 22.8 Å². The highest BCUT2D eigenvalue weighted by molar-refractivity contribution is 7.98. The number of amides is 2. The molecule has 1 rings (SSSR count). The molecule has 0 aliphatic carbocycles. The third-order valence-electron chi connectivity index (χ3n) is 3.67. The van der Waals surface area contributed by atoms with Crippen LogP contribution in [0.15, 0.2) is 24.3 Å². The molecular weight excluding hydrogens is 376 g/mol. The molecule has 0 heterocycles. The van der Waals surface area contributed by atoms with Crippen molar-refractivity contribution in [1.29, 1.82) is 0 Å². The summed E-state index contributed by atoms with van der Waals surface area (Å²) in [5, 5.41) is 5.90. The molecule has 0 saturated heterocycles. The van der Waals surface area contributed by atoms with Crippen LogP contribution >= 0.6 is 23.4 Å². The molecule has 6 nitrogen and oxygen atoms in total. The first-order chi connectivity index (χ1) is 12.4. The Kier molecular flexibility index (Phi) is 10.1. The van der Waals surface area contributed by atoms with Crippen LogP contribution in [0.4, 0.5) is 0 Å². The van der Waals surface area contributed by atoms with Crippen molar-refractivity contribution >= 4 is 41.1 Å². The number of hydrogen-bond donors (Lipinski definition) is 2. The minimum atomic E-state index is -0.818. The lowest BCUT2D eigenvalue weighted by Gasteiger charge is -2.18. The zero-order valence-electron chi connectivity index (χ0n) is 15.2. The van der Waals surface area contributed by atoms with Gasteiger partial charge in [-0.15, -0.1) is 0 Å². The molecule has 0 unspecified atom stereocenters. The van der Waals surface area contributed by atoms with E-state index in [4.69, 9.17) is 16.3 Å². The average Bonchev–Trinajstić information content (AvgIpc) is 2.63. The third-order valence-corrected chi connectivity index (χ3v) is 4.57. The van der Waals surface area contributed by atoms with E-state index in [1.54, 1.807) is 36.0 Å². The van der Waals surface area contributed by atoms with Gasteiger partial charge in [-0.1, -0.05) is 18.5 Å². The molecule has 144 valence electrons. The van der Waals surface area contributed by atoms with Crippen LogP contribution in [0.2, 0.25) is 5.02 Å².